The van der Waals surface area contributed by atoms with Crippen LogP contribution >= 0.6 is 23.4 Å². The Labute approximate surface area is 159 Å². The van der Waals surface area contributed by atoms with Gasteiger partial charge in [0.2, 0.25) is 11.8 Å². The molecule has 0 aromatic heterocycles. The van der Waals surface area contributed by atoms with Crippen LogP contribution in [0.1, 0.15) is 28.9 Å². The van der Waals surface area contributed by atoms with E-state index in [0.29, 0.717) is 5.02 Å². The largest absolute Gasteiger partial charge is 0.366 e. The minimum absolute atomic E-state index is 0.00527. The maximum atomic E-state index is 12.1. The lowest BCUT2D eigenvalue weighted by atomic mass is 10.1. The first-order valence-electron chi connectivity index (χ1n) is 7.54. The van der Waals surface area contributed by atoms with Crippen molar-refractivity contribution in [2.24, 2.45) is 5.73 Å². The Hall–Kier alpha value is -2.58. The number of benzene rings is 2. The summed E-state index contributed by atoms with van der Waals surface area (Å²) in [6.45, 7) is 1.83. The van der Waals surface area contributed by atoms with Crippen molar-refractivity contribution >= 4 is 40.9 Å². The lowest BCUT2D eigenvalue weighted by Gasteiger charge is -2.14. The standard InChI is InChI=1S/C17H16ClN3O4S/c1-10(11-2-5-13(18)6-3-11)20-16(22)9-26-15-7-4-12(17(19)23)8-14(15)21(24)25/h2-8,10H,9H2,1H3,(H2,19,23)(H,20,22). The van der Waals surface area contributed by atoms with Crippen LogP contribution in [0.2, 0.25) is 5.02 Å². The van der Waals surface area contributed by atoms with Gasteiger partial charge >= 0.3 is 0 Å². The second-order valence-corrected chi connectivity index (χ2v) is 6.89. The summed E-state index contributed by atoms with van der Waals surface area (Å²) >= 11 is 6.85. The Balaban J connectivity index is 2.01. The summed E-state index contributed by atoms with van der Waals surface area (Å²) in [4.78, 5) is 34.1. The third kappa shape index (κ3) is 5.21. The molecule has 0 aliphatic rings. The van der Waals surface area contributed by atoms with Gasteiger partial charge < -0.3 is 11.1 Å². The SMILES string of the molecule is CC(NC(=O)CSc1ccc(C(N)=O)cc1[N+](=O)[O-])c1ccc(Cl)cc1. The zero-order valence-corrected chi connectivity index (χ0v) is 15.3. The molecular formula is C17H16ClN3O4S. The van der Waals surface area contributed by atoms with Gasteiger partial charge in [0.25, 0.3) is 5.69 Å². The van der Waals surface area contributed by atoms with Crippen molar-refractivity contribution in [2.45, 2.75) is 17.9 Å². The summed E-state index contributed by atoms with van der Waals surface area (Å²) in [5.74, 6) is -1.03. The molecule has 0 bridgehead atoms. The van der Waals surface area contributed by atoms with Crippen LogP contribution < -0.4 is 11.1 Å². The molecule has 2 aromatic rings. The van der Waals surface area contributed by atoms with E-state index in [4.69, 9.17) is 17.3 Å². The van der Waals surface area contributed by atoms with Crippen LogP contribution in [-0.4, -0.2) is 22.5 Å². The number of nitrogens with one attached hydrogen (secondary N) is 1. The number of nitrogens with zero attached hydrogens (tertiary/aromatic N) is 1. The summed E-state index contributed by atoms with van der Waals surface area (Å²) in [5.41, 5.74) is 5.81. The Morgan fingerprint density at radius 2 is 1.92 bits per heavy atom. The zero-order valence-electron chi connectivity index (χ0n) is 13.8. The summed E-state index contributed by atoms with van der Waals surface area (Å²) in [5, 5.41) is 14.6. The van der Waals surface area contributed by atoms with Crippen molar-refractivity contribution in [1.82, 2.24) is 5.32 Å². The summed E-state index contributed by atoms with van der Waals surface area (Å²) in [6, 6.07) is 10.8. The van der Waals surface area contributed by atoms with Crippen LogP contribution in [0.3, 0.4) is 0 Å². The van der Waals surface area contributed by atoms with E-state index >= 15 is 0 Å². The molecule has 26 heavy (non-hydrogen) atoms. The van der Waals surface area contributed by atoms with E-state index in [2.05, 4.69) is 5.32 Å². The molecule has 0 spiro atoms. The molecule has 0 heterocycles. The molecule has 0 fully saturated rings. The molecule has 1 unspecified atom stereocenters. The second kappa shape index (κ2) is 8.68. The third-order valence-corrected chi connectivity index (χ3v) is 4.86. The normalized spacial score (nSPS) is 11.6. The highest BCUT2D eigenvalue weighted by atomic mass is 35.5. The minimum Gasteiger partial charge on any atom is -0.366 e. The Morgan fingerprint density at radius 1 is 1.27 bits per heavy atom. The Bertz CT molecular complexity index is 842. The Kier molecular flexibility index (Phi) is 6.59. The molecule has 136 valence electrons. The first-order valence-corrected chi connectivity index (χ1v) is 8.90. The van der Waals surface area contributed by atoms with Crippen molar-refractivity contribution in [2.75, 3.05) is 5.75 Å². The number of nitrogens with two attached hydrogens (primary N) is 1. The molecular weight excluding hydrogens is 378 g/mol. The predicted octanol–water partition coefficient (Wildman–Crippen LogP) is 3.32. The van der Waals surface area contributed by atoms with Crippen molar-refractivity contribution in [3.8, 4) is 0 Å². The molecule has 2 amide bonds. The molecule has 7 nitrogen and oxygen atoms in total. The average Bonchev–Trinajstić information content (AvgIpc) is 2.60. The van der Waals surface area contributed by atoms with Gasteiger partial charge in [0, 0.05) is 16.7 Å². The van der Waals surface area contributed by atoms with Crippen molar-refractivity contribution in [1.29, 1.82) is 0 Å². The van der Waals surface area contributed by atoms with Crippen molar-refractivity contribution < 1.29 is 14.5 Å². The van der Waals surface area contributed by atoms with Crippen molar-refractivity contribution in [3.05, 3.63) is 68.7 Å². The second-order valence-electron chi connectivity index (χ2n) is 5.43. The number of carbonyl (C=O) groups excluding carboxylic acids is 2. The zero-order chi connectivity index (χ0) is 19.3. The number of hydrogen-bond acceptors (Lipinski definition) is 5. The van der Waals surface area contributed by atoms with Gasteiger partial charge in [-0.1, -0.05) is 23.7 Å². The number of nitro groups is 1. The van der Waals surface area contributed by atoms with E-state index < -0.39 is 10.8 Å². The topological polar surface area (TPSA) is 115 Å². The molecule has 3 N–H and O–H groups in total. The third-order valence-electron chi connectivity index (χ3n) is 3.55. The summed E-state index contributed by atoms with van der Waals surface area (Å²) in [6.07, 6.45) is 0. The van der Waals surface area contributed by atoms with E-state index in [1.54, 1.807) is 12.1 Å². The van der Waals surface area contributed by atoms with Crippen LogP contribution in [0.15, 0.2) is 47.4 Å². The van der Waals surface area contributed by atoms with Gasteiger partial charge in [-0.05, 0) is 36.8 Å². The van der Waals surface area contributed by atoms with Crippen molar-refractivity contribution in [3.63, 3.8) is 0 Å². The number of halogens is 1. The lowest BCUT2D eigenvalue weighted by molar-refractivity contribution is -0.387. The minimum atomic E-state index is -0.751. The number of carbonyl (C=O) groups is 2. The fraction of sp³-hybridized carbons (Fsp3) is 0.176. The molecule has 1 atom stereocenters. The molecule has 9 heteroatoms. The van der Waals surface area contributed by atoms with E-state index in [1.165, 1.54) is 12.1 Å². The van der Waals surface area contributed by atoms with Crippen LogP contribution in [-0.2, 0) is 4.79 Å². The van der Waals surface area contributed by atoms with Crippen LogP contribution in [0.25, 0.3) is 0 Å². The van der Waals surface area contributed by atoms with E-state index in [1.807, 2.05) is 19.1 Å². The summed E-state index contributed by atoms with van der Waals surface area (Å²) in [7, 11) is 0. The molecule has 0 saturated carbocycles. The molecule has 0 aliphatic heterocycles. The van der Waals surface area contributed by atoms with Gasteiger partial charge in [-0.25, -0.2) is 0 Å². The fourth-order valence-electron chi connectivity index (χ4n) is 2.20. The smallest absolute Gasteiger partial charge is 0.283 e. The highest BCUT2D eigenvalue weighted by molar-refractivity contribution is 8.00. The average molecular weight is 394 g/mol. The Morgan fingerprint density at radius 3 is 2.50 bits per heavy atom. The number of thioether (sulfide) groups is 1. The highest BCUT2D eigenvalue weighted by Crippen LogP contribution is 2.30. The number of amides is 2. The van der Waals surface area contributed by atoms with Crippen LogP contribution in [0.4, 0.5) is 5.69 Å². The van der Waals surface area contributed by atoms with Gasteiger partial charge in [-0.15, -0.1) is 11.8 Å². The van der Waals surface area contributed by atoms with Crippen LogP contribution in [0, 0.1) is 10.1 Å². The van der Waals surface area contributed by atoms with E-state index in [-0.39, 0.29) is 33.8 Å². The fourth-order valence-corrected chi connectivity index (χ4v) is 3.14. The van der Waals surface area contributed by atoms with Gasteiger partial charge in [0.05, 0.1) is 21.6 Å². The molecule has 0 saturated heterocycles. The highest BCUT2D eigenvalue weighted by Gasteiger charge is 2.18. The molecule has 2 aromatic carbocycles. The maximum Gasteiger partial charge on any atom is 0.283 e. The number of nitro benzene ring substituents is 1. The van der Waals surface area contributed by atoms with Gasteiger partial charge in [0.1, 0.15) is 0 Å². The number of primary amides is 1. The molecule has 2 rings (SSSR count). The van der Waals surface area contributed by atoms with Gasteiger partial charge in [0.15, 0.2) is 0 Å². The predicted molar refractivity (Wildman–Crippen MR) is 100 cm³/mol. The van der Waals surface area contributed by atoms with Crippen LogP contribution in [0.5, 0.6) is 0 Å². The first-order chi connectivity index (χ1) is 12.3. The van der Waals surface area contributed by atoms with Gasteiger partial charge in [-0.2, -0.15) is 0 Å². The summed E-state index contributed by atoms with van der Waals surface area (Å²) < 4.78 is 0. The molecule has 0 aliphatic carbocycles. The van der Waals surface area contributed by atoms with Gasteiger partial charge in [-0.3, -0.25) is 19.7 Å². The maximum absolute atomic E-state index is 12.1. The molecule has 0 radical (unpaired) electrons. The first kappa shape index (κ1) is 19.7. The number of hydrogen-bond donors (Lipinski definition) is 2. The monoisotopic (exact) mass is 393 g/mol. The van der Waals surface area contributed by atoms with E-state index in [0.717, 1.165) is 23.4 Å². The number of rotatable bonds is 7. The lowest BCUT2D eigenvalue weighted by Crippen LogP contribution is -2.28. The quantitative estimate of drug-likeness (QED) is 0.425. The van der Waals surface area contributed by atoms with E-state index in [9.17, 15) is 19.7 Å².